The Balaban J connectivity index is 1.60. The lowest BCUT2D eigenvalue weighted by Crippen LogP contribution is -2.42. The maximum Gasteiger partial charge on any atom is 0.326 e. The Morgan fingerprint density at radius 1 is 1.35 bits per heavy atom. The molecule has 0 aliphatic heterocycles. The van der Waals surface area contributed by atoms with E-state index in [9.17, 15) is 14.7 Å². The summed E-state index contributed by atoms with van der Waals surface area (Å²) in [6.07, 6.45) is 1.71. The molecule has 1 aliphatic rings. The van der Waals surface area contributed by atoms with E-state index in [0.717, 1.165) is 34.3 Å². The Hall–Kier alpha value is -2.67. The van der Waals surface area contributed by atoms with Crippen molar-refractivity contribution in [2.24, 2.45) is 5.92 Å². The molecule has 4 rings (SSSR count). The van der Waals surface area contributed by atoms with E-state index in [1.54, 1.807) is 0 Å². The minimum absolute atomic E-state index is 0.0566. The highest BCUT2D eigenvalue weighted by atomic mass is 32.1. The fourth-order valence-electron chi connectivity index (χ4n) is 3.11. The number of carboxylic acids is 1. The molecule has 0 bridgehead atoms. The molecule has 0 saturated heterocycles. The molecule has 2 N–H and O–H groups in total. The zero-order valence-corrected chi connectivity index (χ0v) is 15.1. The van der Waals surface area contributed by atoms with E-state index in [-0.39, 0.29) is 11.8 Å². The lowest BCUT2D eigenvalue weighted by Gasteiger charge is -2.12. The molecule has 1 amide bonds. The Morgan fingerprint density at radius 2 is 2.08 bits per heavy atom. The molecule has 6 nitrogen and oxygen atoms in total. The molecule has 134 valence electrons. The van der Waals surface area contributed by atoms with Crippen molar-refractivity contribution >= 4 is 33.4 Å². The number of aliphatic carboxylic acids is 1. The normalized spacial score (nSPS) is 15.1. The highest BCUT2D eigenvalue weighted by molar-refractivity contribution is 7.20. The summed E-state index contributed by atoms with van der Waals surface area (Å²) in [4.78, 5) is 25.4. The summed E-state index contributed by atoms with van der Waals surface area (Å²) in [6.45, 7) is 2.55. The molecule has 1 atom stereocenters. The maximum absolute atomic E-state index is 12.5. The average Bonchev–Trinajstić information content (AvgIpc) is 3.28. The zero-order valence-electron chi connectivity index (χ0n) is 14.3. The molecule has 2 heterocycles. The Kier molecular flexibility index (Phi) is 4.24. The summed E-state index contributed by atoms with van der Waals surface area (Å²) >= 11 is 1.35. The molecule has 26 heavy (non-hydrogen) atoms. The fraction of sp³-hybridized carbons (Fsp3) is 0.316. The minimum atomic E-state index is -0.964. The number of fused-ring (bicyclic) bond motifs is 1. The lowest BCUT2D eigenvalue weighted by molar-refractivity contribution is -0.139. The smallest absolute Gasteiger partial charge is 0.326 e. The van der Waals surface area contributed by atoms with Crippen molar-refractivity contribution in [1.29, 1.82) is 0 Å². The van der Waals surface area contributed by atoms with Crippen LogP contribution in [0.5, 0.6) is 0 Å². The van der Waals surface area contributed by atoms with Crippen molar-refractivity contribution in [2.45, 2.75) is 32.4 Å². The number of amides is 1. The Morgan fingerprint density at radius 3 is 2.73 bits per heavy atom. The predicted octanol–water partition coefficient (Wildman–Crippen LogP) is 3.05. The quantitative estimate of drug-likeness (QED) is 0.699. The van der Waals surface area contributed by atoms with Gasteiger partial charge in [-0.05, 0) is 37.3 Å². The minimum Gasteiger partial charge on any atom is -0.480 e. The maximum atomic E-state index is 12.5. The van der Waals surface area contributed by atoms with Crippen LogP contribution in [0.15, 0.2) is 36.4 Å². The van der Waals surface area contributed by atoms with Gasteiger partial charge < -0.3 is 10.4 Å². The lowest BCUT2D eigenvalue weighted by atomic mass is 10.2. The van der Waals surface area contributed by atoms with Crippen LogP contribution >= 0.6 is 11.3 Å². The van der Waals surface area contributed by atoms with Crippen molar-refractivity contribution in [3.05, 3.63) is 52.5 Å². The van der Waals surface area contributed by atoms with Crippen LogP contribution in [0.25, 0.3) is 10.2 Å². The number of thiophene rings is 1. The molecule has 7 heteroatoms. The van der Waals surface area contributed by atoms with Gasteiger partial charge in [0.2, 0.25) is 0 Å². The largest absolute Gasteiger partial charge is 0.480 e. The molecule has 1 aliphatic carbocycles. The number of nitrogens with zero attached hydrogens (tertiary/aromatic N) is 2. The van der Waals surface area contributed by atoms with Crippen LogP contribution in [0.2, 0.25) is 0 Å². The number of aryl methyl sites for hydroxylation is 1. The average molecular weight is 369 g/mol. The van der Waals surface area contributed by atoms with E-state index in [0.29, 0.717) is 11.4 Å². The summed E-state index contributed by atoms with van der Waals surface area (Å²) in [5.74, 6) is -1.23. The van der Waals surface area contributed by atoms with Crippen LogP contribution in [0.1, 0.15) is 33.8 Å². The van der Waals surface area contributed by atoms with Crippen molar-refractivity contribution in [3.63, 3.8) is 0 Å². The number of nitrogens with one attached hydrogen (secondary N) is 1. The number of carboxylic acid groups (broad SMARTS) is 1. The molecule has 1 aromatic carbocycles. The van der Waals surface area contributed by atoms with Crippen LogP contribution in [0.4, 0.5) is 0 Å². The van der Waals surface area contributed by atoms with E-state index < -0.39 is 12.0 Å². The summed E-state index contributed by atoms with van der Waals surface area (Å²) in [7, 11) is 0. The number of benzene rings is 1. The Labute approximate surface area is 154 Å². The number of hydrogen-bond acceptors (Lipinski definition) is 4. The molecule has 3 aromatic rings. The van der Waals surface area contributed by atoms with E-state index in [4.69, 9.17) is 0 Å². The van der Waals surface area contributed by atoms with Crippen molar-refractivity contribution in [3.8, 4) is 0 Å². The van der Waals surface area contributed by atoms with E-state index in [1.807, 2.05) is 48.0 Å². The molecule has 1 unspecified atom stereocenters. The van der Waals surface area contributed by atoms with Crippen LogP contribution in [0, 0.1) is 12.8 Å². The van der Waals surface area contributed by atoms with Gasteiger partial charge in [-0.25, -0.2) is 4.79 Å². The molecule has 0 spiro atoms. The van der Waals surface area contributed by atoms with Gasteiger partial charge in [-0.1, -0.05) is 30.3 Å². The van der Waals surface area contributed by atoms with E-state index in [2.05, 4.69) is 10.4 Å². The van der Waals surface area contributed by atoms with E-state index >= 15 is 0 Å². The highest BCUT2D eigenvalue weighted by Gasteiger charge is 2.37. The van der Waals surface area contributed by atoms with Crippen LogP contribution < -0.4 is 5.32 Å². The van der Waals surface area contributed by atoms with Gasteiger partial charge in [0.25, 0.3) is 5.91 Å². The van der Waals surface area contributed by atoms with Gasteiger partial charge in [0, 0.05) is 5.39 Å². The predicted molar refractivity (Wildman–Crippen MR) is 99.5 cm³/mol. The van der Waals surface area contributed by atoms with Gasteiger partial charge in [0.1, 0.15) is 10.9 Å². The van der Waals surface area contributed by atoms with E-state index in [1.165, 1.54) is 11.3 Å². The van der Waals surface area contributed by atoms with Gasteiger partial charge in [-0.15, -0.1) is 11.3 Å². The summed E-state index contributed by atoms with van der Waals surface area (Å²) in [5, 5.41) is 17.5. The van der Waals surface area contributed by atoms with Gasteiger partial charge in [0.15, 0.2) is 0 Å². The van der Waals surface area contributed by atoms with Gasteiger partial charge in [0.05, 0.1) is 17.1 Å². The molecular formula is C19H19N3O3S. The van der Waals surface area contributed by atoms with Crippen molar-refractivity contribution in [1.82, 2.24) is 15.1 Å². The second-order valence-electron chi connectivity index (χ2n) is 6.68. The number of carbonyl (C=O) groups excluding carboxylic acids is 1. The first-order valence-electron chi connectivity index (χ1n) is 8.57. The van der Waals surface area contributed by atoms with Crippen LogP contribution in [-0.2, 0) is 11.3 Å². The second kappa shape index (κ2) is 6.57. The van der Waals surface area contributed by atoms with Crippen LogP contribution in [0.3, 0.4) is 0 Å². The molecule has 1 fully saturated rings. The third-order valence-electron chi connectivity index (χ3n) is 4.65. The topological polar surface area (TPSA) is 84.2 Å². The molecule has 2 aromatic heterocycles. The Bertz CT molecular complexity index is 973. The highest BCUT2D eigenvalue weighted by Crippen LogP contribution is 2.34. The SMILES string of the molecule is Cc1nn(Cc2ccccc2)c2sc(C(=O)NC(C(=O)O)C3CC3)cc12. The van der Waals surface area contributed by atoms with Gasteiger partial charge in [-0.2, -0.15) is 5.10 Å². The third kappa shape index (κ3) is 3.22. The summed E-state index contributed by atoms with van der Waals surface area (Å²) in [6, 6.07) is 11.0. The van der Waals surface area contributed by atoms with Crippen LogP contribution in [-0.4, -0.2) is 32.8 Å². The summed E-state index contributed by atoms with van der Waals surface area (Å²) in [5.41, 5.74) is 2.00. The first-order chi connectivity index (χ1) is 12.5. The first kappa shape index (κ1) is 16.8. The summed E-state index contributed by atoms with van der Waals surface area (Å²) < 4.78 is 1.90. The van der Waals surface area contributed by atoms with Gasteiger partial charge >= 0.3 is 5.97 Å². The van der Waals surface area contributed by atoms with Crippen molar-refractivity contribution < 1.29 is 14.7 Å². The molecule has 1 saturated carbocycles. The van der Waals surface area contributed by atoms with Crippen molar-refractivity contribution in [2.75, 3.05) is 0 Å². The third-order valence-corrected chi connectivity index (χ3v) is 5.80. The number of rotatable bonds is 6. The monoisotopic (exact) mass is 369 g/mol. The number of hydrogen-bond donors (Lipinski definition) is 2. The molecular weight excluding hydrogens is 350 g/mol. The molecule has 0 radical (unpaired) electrons. The number of aromatic nitrogens is 2. The van der Waals surface area contributed by atoms with Gasteiger partial charge in [-0.3, -0.25) is 9.48 Å². The fourth-order valence-corrected chi connectivity index (χ4v) is 4.18. The zero-order chi connectivity index (χ0) is 18.3. The number of carbonyl (C=O) groups is 2. The second-order valence-corrected chi connectivity index (χ2v) is 7.72. The first-order valence-corrected chi connectivity index (χ1v) is 9.39. The standard InChI is InChI=1S/C19H19N3O3S/c1-11-14-9-15(17(23)20-16(19(24)25)13-7-8-13)26-18(14)22(21-11)10-12-5-3-2-4-6-12/h2-6,9,13,16H,7-8,10H2,1H3,(H,20,23)(H,24,25).